The predicted molar refractivity (Wildman–Crippen MR) is 97.2 cm³/mol. The summed E-state index contributed by atoms with van der Waals surface area (Å²) in [7, 11) is 0. The predicted octanol–water partition coefficient (Wildman–Crippen LogP) is 3.54. The fourth-order valence-corrected chi connectivity index (χ4v) is 3.97. The number of aromatic nitrogens is 2. The summed E-state index contributed by atoms with van der Waals surface area (Å²) in [6.07, 6.45) is 8.14. The number of pyridine rings is 1. The van der Waals surface area contributed by atoms with E-state index in [9.17, 15) is 0 Å². The zero-order chi connectivity index (χ0) is 16.1. The molecule has 2 aromatic rings. The van der Waals surface area contributed by atoms with Gasteiger partial charge >= 0.3 is 0 Å². The van der Waals surface area contributed by atoms with Gasteiger partial charge in [-0.15, -0.1) is 11.3 Å². The second kappa shape index (κ2) is 7.88. The largest absolute Gasteiger partial charge is 0.348 e. The molecule has 5 heteroatoms. The molecule has 1 fully saturated rings. The molecule has 124 valence electrons. The summed E-state index contributed by atoms with van der Waals surface area (Å²) in [4.78, 5) is 11.1. The van der Waals surface area contributed by atoms with Crippen LogP contribution in [0.4, 0.5) is 5.13 Å². The van der Waals surface area contributed by atoms with Gasteiger partial charge in [-0.25, -0.2) is 4.98 Å². The van der Waals surface area contributed by atoms with Crippen molar-refractivity contribution in [3.05, 3.63) is 41.7 Å². The molecule has 1 saturated heterocycles. The molecule has 3 rings (SSSR count). The lowest BCUT2D eigenvalue weighted by molar-refractivity contribution is 0.375. The zero-order valence-electron chi connectivity index (χ0n) is 14.0. The van der Waals surface area contributed by atoms with E-state index in [0.29, 0.717) is 17.9 Å². The second-order valence-corrected chi connectivity index (χ2v) is 7.49. The van der Waals surface area contributed by atoms with Gasteiger partial charge in [0.15, 0.2) is 5.13 Å². The maximum absolute atomic E-state index is 4.42. The summed E-state index contributed by atoms with van der Waals surface area (Å²) in [6.45, 7) is 7.83. The minimum Gasteiger partial charge on any atom is -0.348 e. The van der Waals surface area contributed by atoms with Gasteiger partial charge < -0.3 is 10.2 Å². The van der Waals surface area contributed by atoms with Crippen LogP contribution in [0, 0.1) is 5.92 Å². The first-order chi connectivity index (χ1) is 11.2. The minimum absolute atomic E-state index is 0.528. The third kappa shape index (κ3) is 4.30. The Morgan fingerprint density at radius 2 is 2.13 bits per heavy atom. The van der Waals surface area contributed by atoms with Crippen molar-refractivity contribution in [3.8, 4) is 0 Å². The molecular weight excluding hydrogens is 304 g/mol. The summed E-state index contributed by atoms with van der Waals surface area (Å²) >= 11 is 1.74. The summed E-state index contributed by atoms with van der Waals surface area (Å²) in [6, 6.07) is 4.85. The van der Waals surface area contributed by atoms with Gasteiger partial charge in [0, 0.05) is 55.6 Å². The quantitative estimate of drug-likeness (QED) is 0.879. The van der Waals surface area contributed by atoms with Crippen molar-refractivity contribution >= 4 is 16.5 Å². The Balaban J connectivity index is 1.50. The Morgan fingerprint density at radius 1 is 1.30 bits per heavy atom. The highest BCUT2D eigenvalue weighted by Gasteiger charge is 2.22. The van der Waals surface area contributed by atoms with Gasteiger partial charge in [-0.2, -0.15) is 0 Å². The fourth-order valence-electron chi connectivity index (χ4n) is 3.27. The molecule has 1 N–H and O–H groups in total. The molecule has 1 aliphatic heterocycles. The molecular formula is C18H26N4S. The fraction of sp³-hybridized carbons (Fsp3) is 0.556. The lowest BCUT2D eigenvalue weighted by atomic mass is 9.89. The molecule has 0 radical (unpaired) electrons. The van der Waals surface area contributed by atoms with Gasteiger partial charge in [0.2, 0.25) is 0 Å². The van der Waals surface area contributed by atoms with Crippen molar-refractivity contribution in [1.82, 2.24) is 15.3 Å². The first kappa shape index (κ1) is 16.4. The van der Waals surface area contributed by atoms with Crippen molar-refractivity contribution in [2.24, 2.45) is 5.92 Å². The van der Waals surface area contributed by atoms with Crippen LogP contribution in [0.2, 0.25) is 0 Å². The SMILES string of the molecule is CC(C)C(CNC1CCN(c2nccs2)CC1)c1cccnc1. The molecule has 2 aromatic heterocycles. The Bertz CT molecular complexity index is 562. The maximum atomic E-state index is 4.42. The van der Waals surface area contributed by atoms with E-state index in [0.717, 1.165) is 19.6 Å². The summed E-state index contributed by atoms with van der Waals surface area (Å²) in [5.74, 6) is 1.14. The Hall–Kier alpha value is -1.46. The van der Waals surface area contributed by atoms with Gasteiger partial charge in [-0.3, -0.25) is 4.98 Å². The number of hydrogen-bond acceptors (Lipinski definition) is 5. The van der Waals surface area contributed by atoms with Crippen LogP contribution in [-0.2, 0) is 0 Å². The topological polar surface area (TPSA) is 41.0 Å². The molecule has 0 bridgehead atoms. The van der Waals surface area contributed by atoms with E-state index in [1.165, 1.54) is 23.5 Å². The van der Waals surface area contributed by atoms with Crippen LogP contribution < -0.4 is 10.2 Å². The molecule has 0 spiro atoms. The van der Waals surface area contributed by atoms with Crippen LogP contribution in [0.5, 0.6) is 0 Å². The van der Waals surface area contributed by atoms with E-state index >= 15 is 0 Å². The van der Waals surface area contributed by atoms with Crippen molar-refractivity contribution in [1.29, 1.82) is 0 Å². The number of anilines is 1. The molecule has 4 nitrogen and oxygen atoms in total. The normalized spacial score (nSPS) is 17.6. The smallest absolute Gasteiger partial charge is 0.185 e. The van der Waals surface area contributed by atoms with Gasteiger partial charge in [0.05, 0.1) is 0 Å². The second-order valence-electron chi connectivity index (χ2n) is 6.62. The molecule has 0 aliphatic carbocycles. The van der Waals surface area contributed by atoms with Gasteiger partial charge in [0.1, 0.15) is 0 Å². The van der Waals surface area contributed by atoms with E-state index < -0.39 is 0 Å². The van der Waals surface area contributed by atoms with Crippen LogP contribution in [-0.4, -0.2) is 35.6 Å². The van der Waals surface area contributed by atoms with Crippen LogP contribution in [0.1, 0.15) is 38.2 Å². The molecule has 3 heterocycles. The van der Waals surface area contributed by atoms with Crippen molar-refractivity contribution in [3.63, 3.8) is 0 Å². The van der Waals surface area contributed by atoms with Crippen LogP contribution in [0.25, 0.3) is 0 Å². The zero-order valence-corrected chi connectivity index (χ0v) is 14.8. The van der Waals surface area contributed by atoms with Crippen molar-refractivity contribution < 1.29 is 0 Å². The Kier molecular flexibility index (Phi) is 5.62. The van der Waals surface area contributed by atoms with Crippen molar-refractivity contribution in [2.75, 3.05) is 24.5 Å². The third-order valence-corrected chi connectivity index (χ3v) is 5.56. The lowest BCUT2D eigenvalue weighted by Crippen LogP contribution is -2.44. The molecule has 0 saturated carbocycles. The first-order valence-corrected chi connectivity index (χ1v) is 9.39. The molecule has 1 aliphatic rings. The average Bonchev–Trinajstić information content (AvgIpc) is 3.11. The van der Waals surface area contributed by atoms with E-state index in [4.69, 9.17) is 0 Å². The van der Waals surface area contributed by atoms with Crippen LogP contribution >= 0.6 is 11.3 Å². The molecule has 0 amide bonds. The summed E-state index contributed by atoms with van der Waals surface area (Å²) < 4.78 is 0. The number of rotatable bonds is 6. The number of nitrogens with zero attached hydrogens (tertiary/aromatic N) is 3. The van der Waals surface area contributed by atoms with Crippen LogP contribution in [0.15, 0.2) is 36.1 Å². The molecule has 1 unspecified atom stereocenters. The first-order valence-electron chi connectivity index (χ1n) is 8.52. The average molecular weight is 331 g/mol. The molecule has 1 atom stereocenters. The number of hydrogen-bond donors (Lipinski definition) is 1. The summed E-state index contributed by atoms with van der Waals surface area (Å²) in [5.41, 5.74) is 1.34. The third-order valence-electron chi connectivity index (χ3n) is 4.73. The van der Waals surface area contributed by atoms with E-state index in [1.807, 2.05) is 24.7 Å². The standard InChI is InChI=1S/C18H26N4S/c1-14(2)17(15-4-3-7-19-12-15)13-21-16-5-9-22(10-6-16)18-20-8-11-23-18/h3-4,7-8,11-12,14,16-17,21H,5-6,9-10,13H2,1-2H3. The molecule has 0 aromatic carbocycles. The van der Waals surface area contributed by atoms with Gasteiger partial charge in [0.25, 0.3) is 0 Å². The molecule has 23 heavy (non-hydrogen) atoms. The maximum Gasteiger partial charge on any atom is 0.185 e. The number of thiazole rings is 1. The van der Waals surface area contributed by atoms with E-state index in [1.54, 1.807) is 11.3 Å². The Labute approximate surface area is 143 Å². The van der Waals surface area contributed by atoms with Crippen molar-refractivity contribution in [2.45, 2.75) is 38.6 Å². The minimum atomic E-state index is 0.528. The summed E-state index contributed by atoms with van der Waals surface area (Å²) in [5, 5.41) is 7.02. The van der Waals surface area contributed by atoms with Gasteiger partial charge in [-0.1, -0.05) is 19.9 Å². The highest BCUT2D eigenvalue weighted by atomic mass is 32.1. The highest BCUT2D eigenvalue weighted by molar-refractivity contribution is 7.13. The number of nitrogens with one attached hydrogen (secondary N) is 1. The van der Waals surface area contributed by atoms with E-state index in [2.05, 4.69) is 45.5 Å². The van der Waals surface area contributed by atoms with Crippen LogP contribution in [0.3, 0.4) is 0 Å². The monoisotopic (exact) mass is 330 g/mol. The lowest BCUT2D eigenvalue weighted by Gasteiger charge is -2.33. The number of piperidine rings is 1. The van der Waals surface area contributed by atoms with E-state index in [-0.39, 0.29) is 0 Å². The highest BCUT2D eigenvalue weighted by Crippen LogP contribution is 2.25. The van der Waals surface area contributed by atoms with Gasteiger partial charge in [-0.05, 0) is 30.4 Å². The Morgan fingerprint density at radius 3 is 2.74 bits per heavy atom.